The van der Waals surface area contributed by atoms with Crippen molar-refractivity contribution < 1.29 is 28.2 Å². The van der Waals surface area contributed by atoms with Gasteiger partial charge in [-0.2, -0.15) is 4.99 Å². The van der Waals surface area contributed by atoms with Gasteiger partial charge in [-0.15, -0.1) is 0 Å². The predicted molar refractivity (Wildman–Crippen MR) is 106 cm³/mol. The molecule has 7 nitrogen and oxygen atoms in total. The van der Waals surface area contributed by atoms with Gasteiger partial charge in [0.05, 0.1) is 38.0 Å². The molecule has 29 heavy (non-hydrogen) atoms. The van der Waals surface area contributed by atoms with E-state index < -0.39 is 17.7 Å². The van der Waals surface area contributed by atoms with Gasteiger partial charge in [0.15, 0.2) is 4.80 Å². The molecule has 1 aromatic heterocycles. The van der Waals surface area contributed by atoms with Gasteiger partial charge in [0.25, 0.3) is 5.91 Å². The Morgan fingerprint density at radius 2 is 1.93 bits per heavy atom. The molecule has 2 aromatic carbocycles. The smallest absolute Gasteiger partial charge is 0.325 e. The summed E-state index contributed by atoms with van der Waals surface area (Å²) in [5.41, 5.74) is 0.838. The van der Waals surface area contributed by atoms with Gasteiger partial charge >= 0.3 is 5.97 Å². The summed E-state index contributed by atoms with van der Waals surface area (Å²) in [5.74, 6) is -0.435. The van der Waals surface area contributed by atoms with Crippen LogP contribution in [0, 0.1) is 5.82 Å². The molecule has 9 heteroatoms. The lowest BCUT2D eigenvalue weighted by atomic mass is 10.1. The molecule has 1 amide bonds. The van der Waals surface area contributed by atoms with Crippen LogP contribution in [0.4, 0.5) is 4.39 Å². The molecule has 0 aliphatic carbocycles. The molecular formula is C20H19FN2O5S. The van der Waals surface area contributed by atoms with Crippen molar-refractivity contribution in [2.45, 2.75) is 13.0 Å². The first kappa shape index (κ1) is 20.5. The summed E-state index contributed by atoms with van der Waals surface area (Å²) in [6.07, 6.45) is -0.0257. The Morgan fingerprint density at radius 1 is 1.14 bits per heavy atom. The fourth-order valence-corrected chi connectivity index (χ4v) is 3.88. The number of hydrogen-bond acceptors (Lipinski definition) is 6. The molecule has 152 valence electrons. The lowest BCUT2D eigenvalue weighted by Crippen LogP contribution is -2.23. The second-order valence-electron chi connectivity index (χ2n) is 5.99. The molecule has 0 radical (unpaired) electrons. The number of methoxy groups -OCH3 is 3. The standard InChI is InChI=1S/C20H19FN2O5S/c1-26-13-8-7-12(15(10-13)27-2)9-17(24)22-20-23(11-18(25)28-3)19-14(21)5-4-6-16(19)29-20/h4-8,10H,9,11H2,1-3H3. The van der Waals surface area contributed by atoms with Crippen LogP contribution in [0.5, 0.6) is 11.5 Å². The van der Waals surface area contributed by atoms with Gasteiger partial charge in [-0.25, -0.2) is 4.39 Å². The number of ether oxygens (including phenoxy) is 3. The van der Waals surface area contributed by atoms with E-state index >= 15 is 0 Å². The van der Waals surface area contributed by atoms with Crippen molar-refractivity contribution in [2.75, 3.05) is 21.3 Å². The number of amides is 1. The average Bonchev–Trinajstić information content (AvgIpc) is 3.06. The number of aromatic nitrogens is 1. The molecule has 0 saturated carbocycles. The van der Waals surface area contributed by atoms with Crippen molar-refractivity contribution in [3.8, 4) is 11.5 Å². The number of nitrogens with zero attached hydrogens (tertiary/aromatic N) is 2. The van der Waals surface area contributed by atoms with E-state index in [1.165, 1.54) is 32.0 Å². The predicted octanol–water partition coefficient (Wildman–Crippen LogP) is 2.70. The van der Waals surface area contributed by atoms with Crippen LogP contribution in [0.2, 0.25) is 0 Å². The second kappa shape index (κ2) is 8.87. The topological polar surface area (TPSA) is 79.1 Å². The third-order valence-electron chi connectivity index (χ3n) is 4.22. The Balaban J connectivity index is 2.01. The summed E-state index contributed by atoms with van der Waals surface area (Å²) in [5, 5.41) is 0. The fraction of sp³-hybridized carbons (Fsp3) is 0.250. The van der Waals surface area contributed by atoms with Crippen LogP contribution in [0.3, 0.4) is 0 Å². The third kappa shape index (κ3) is 4.45. The number of rotatable bonds is 6. The molecule has 0 fully saturated rings. The van der Waals surface area contributed by atoms with Crippen LogP contribution < -0.4 is 14.3 Å². The minimum Gasteiger partial charge on any atom is -0.497 e. The molecule has 0 atom stereocenters. The quantitative estimate of drug-likeness (QED) is 0.575. The Hall–Kier alpha value is -3.20. The number of thiazole rings is 1. The first-order valence-corrected chi connectivity index (χ1v) is 9.41. The SMILES string of the molecule is COC(=O)Cn1c(=NC(=O)Cc2ccc(OC)cc2OC)sc2cccc(F)c21. The monoisotopic (exact) mass is 418 g/mol. The van der Waals surface area contributed by atoms with Crippen LogP contribution in [0.15, 0.2) is 41.4 Å². The zero-order valence-electron chi connectivity index (χ0n) is 16.1. The van der Waals surface area contributed by atoms with E-state index in [1.54, 1.807) is 30.3 Å². The number of benzene rings is 2. The molecule has 0 spiro atoms. The maximum Gasteiger partial charge on any atom is 0.325 e. The Morgan fingerprint density at radius 3 is 2.62 bits per heavy atom. The Bertz CT molecular complexity index is 1140. The lowest BCUT2D eigenvalue weighted by Gasteiger charge is -2.08. The lowest BCUT2D eigenvalue weighted by molar-refractivity contribution is -0.141. The number of para-hydroxylation sites is 1. The van der Waals surface area contributed by atoms with E-state index in [0.717, 1.165) is 11.3 Å². The van der Waals surface area contributed by atoms with Gasteiger partial charge < -0.3 is 18.8 Å². The molecule has 3 aromatic rings. The number of carbonyl (C=O) groups is 2. The van der Waals surface area contributed by atoms with E-state index in [4.69, 9.17) is 9.47 Å². The van der Waals surface area contributed by atoms with E-state index in [2.05, 4.69) is 9.73 Å². The first-order chi connectivity index (χ1) is 14.0. The minimum absolute atomic E-state index is 0.0257. The highest BCUT2D eigenvalue weighted by molar-refractivity contribution is 7.16. The average molecular weight is 418 g/mol. The van der Waals surface area contributed by atoms with Crippen molar-refractivity contribution in [3.63, 3.8) is 0 Å². The van der Waals surface area contributed by atoms with Crippen LogP contribution >= 0.6 is 11.3 Å². The normalized spacial score (nSPS) is 11.5. The first-order valence-electron chi connectivity index (χ1n) is 8.60. The van der Waals surface area contributed by atoms with Gasteiger partial charge in [-0.1, -0.05) is 23.5 Å². The molecule has 0 aliphatic heterocycles. The Labute approximate surface area is 170 Å². The summed E-state index contributed by atoms with van der Waals surface area (Å²) < 4.78 is 31.4. The fourth-order valence-electron chi connectivity index (χ4n) is 2.82. The van der Waals surface area contributed by atoms with Crippen LogP contribution in [0.25, 0.3) is 10.2 Å². The van der Waals surface area contributed by atoms with E-state index in [0.29, 0.717) is 21.8 Å². The van der Waals surface area contributed by atoms with E-state index in [9.17, 15) is 14.0 Å². The largest absolute Gasteiger partial charge is 0.497 e. The molecule has 0 N–H and O–H groups in total. The van der Waals surface area contributed by atoms with Gasteiger partial charge in [0.1, 0.15) is 23.9 Å². The number of hydrogen-bond donors (Lipinski definition) is 0. The molecule has 0 aliphatic rings. The van der Waals surface area contributed by atoms with Gasteiger partial charge in [-0.05, 0) is 18.2 Å². The number of fused-ring (bicyclic) bond motifs is 1. The Kier molecular flexibility index (Phi) is 6.28. The molecule has 0 unspecified atom stereocenters. The van der Waals surface area contributed by atoms with Crippen molar-refractivity contribution in [1.82, 2.24) is 4.57 Å². The van der Waals surface area contributed by atoms with Crippen LogP contribution in [-0.4, -0.2) is 37.8 Å². The highest BCUT2D eigenvalue weighted by Gasteiger charge is 2.16. The zero-order valence-corrected chi connectivity index (χ0v) is 16.9. The maximum absolute atomic E-state index is 14.3. The second-order valence-corrected chi connectivity index (χ2v) is 7.00. The van der Waals surface area contributed by atoms with Gasteiger partial charge in [-0.3, -0.25) is 9.59 Å². The van der Waals surface area contributed by atoms with Gasteiger partial charge in [0, 0.05) is 11.6 Å². The highest BCUT2D eigenvalue weighted by atomic mass is 32.1. The van der Waals surface area contributed by atoms with Crippen molar-refractivity contribution in [3.05, 3.63) is 52.6 Å². The van der Waals surface area contributed by atoms with Crippen LogP contribution in [0.1, 0.15) is 5.56 Å². The maximum atomic E-state index is 14.3. The summed E-state index contributed by atoms with van der Waals surface area (Å²) in [6.45, 7) is -0.255. The summed E-state index contributed by atoms with van der Waals surface area (Å²) in [4.78, 5) is 28.7. The number of esters is 1. The number of carbonyl (C=O) groups excluding carboxylic acids is 2. The highest BCUT2D eigenvalue weighted by Crippen LogP contribution is 2.25. The van der Waals surface area contributed by atoms with Crippen molar-refractivity contribution >= 4 is 33.4 Å². The number of halogens is 1. The minimum atomic E-state index is -0.571. The summed E-state index contributed by atoms with van der Waals surface area (Å²) in [7, 11) is 4.28. The zero-order chi connectivity index (χ0) is 21.0. The van der Waals surface area contributed by atoms with Crippen molar-refractivity contribution in [1.29, 1.82) is 0 Å². The van der Waals surface area contributed by atoms with E-state index in [1.807, 2.05) is 0 Å². The van der Waals surface area contributed by atoms with E-state index in [-0.39, 0.29) is 23.3 Å². The summed E-state index contributed by atoms with van der Waals surface area (Å²) in [6, 6.07) is 9.67. The molecule has 0 bridgehead atoms. The van der Waals surface area contributed by atoms with Gasteiger partial charge in [0.2, 0.25) is 0 Å². The molecule has 1 heterocycles. The molecular weight excluding hydrogens is 399 g/mol. The van der Waals surface area contributed by atoms with Crippen LogP contribution in [-0.2, 0) is 27.3 Å². The van der Waals surface area contributed by atoms with Crippen molar-refractivity contribution in [2.24, 2.45) is 4.99 Å². The summed E-state index contributed by atoms with van der Waals surface area (Å²) >= 11 is 1.12. The third-order valence-corrected chi connectivity index (χ3v) is 5.27. The molecule has 3 rings (SSSR count). The molecule has 0 saturated heterocycles.